The standard InChI is InChI=1S/C12H17ClN4O2/c1-16(9-3-2-5-14-6-4-9)12-11(13)7-10(8-15-12)17(18)19/h7-9,14H,2-6H2,1H3. The lowest BCUT2D eigenvalue weighted by Gasteiger charge is -2.28. The van der Waals surface area contributed by atoms with Crippen molar-refractivity contribution in [2.45, 2.75) is 25.3 Å². The monoisotopic (exact) mass is 284 g/mol. The number of rotatable bonds is 3. The van der Waals surface area contributed by atoms with Gasteiger partial charge in [0.15, 0.2) is 0 Å². The maximum atomic E-state index is 10.7. The van der Waals surface area contributed by atoms with Gasteiger partial charge >= 0.3 is 0 Å². The minimum Gasteiger partial charge on any atom is -0.355 e. The van der Waals surface area contributed by atoms with Crippen LogP contribution in [0.25, 0.3) is 0 Å². The normalized spacial score (nSPS) is 19.8. The third-order valence-electron chi connectivity index (χ3n) is 3.45. The number of pyridine rings is 1. The molecule has 1 unspecified atom stereocenters. The highest BCUT2D eigenvalue weighted by Gasteiger charge is 2.21. The van der Waals surface area contributed by atoms with Gasteiger partial charge in [0.2, 0.25) is 0 Å². The van der Waals surface area contributed by atoms with Crippen LogP contribution in [0, 0.1) is 10.1 Å². The van der Waals surface area contributed by atoms with Gasteiger partial charge in [-0.15, -0.1) is 0 Å². The van der Waals surface area contributed by atoms with Gasteiger partial charge in [-0.05, 0) is 32.4 Å². The number of nitro groups is 1. The molecule has 0 radical (unpaired) electrons. The number of hydrogen-bond donors (Lipinski definition) is 1. The van der Waals surface area contributed by atoms with Crippen molar-refractivity contribution in [3.05, 3.63) is 27.4 Å². The Labute approximate surface area is 116 Å². The van der Waals surface area contributed by atoms with Crippen molar-refractivity contribution in [3.63, 3.8) is 0 Å². The zero-order valence-electron chi connectivity index (χ0n) is 10.8. The molecule has 1 saturated heterocycles. The van der Waals surface area contributed by atoms with Crippen LogP contribution in [0.15, 0.2) is 12.3 Å². The summed E-state index contributed by atoms with van der Waals surface area (Å²) in [6, 6.07) is 1.72. The molecule has 0 aromatic carbocycles. The molecular weight excluding hydrogens is 268 g/mol. The molecule has 0 bridgehead atoms. The molecule has 0 aliphatic carbocycles. The van der Waals surface area contributed by atoms with Crippen LogP contribution in [0.1, 0.15) is 19.3 Å². The average Bonchev–Trinajstić information content (AvgIpc) is 2.66. The third kappa shape index (κ3) is 3.33. The van der Waals surface area contributed by atoms with E-state index >= 15 is 0 Å². The lowest BCUT2D eigenvalue weighted by molar-refractivity contribution is -0.385. The van der Waals surface area contributed by atoms with E-state index in [0.717, 1.165) is 32.4 Å². The molecule has 7 heteroatoms. The fraction of sp³-hybridized carbons (Fsp3) is 0.583. The van der Waals surface area contributed by atoms with Crippen LogP contribution in [0.4, 0.5) is 11.5 Å². The lowest BCUT2D eigenvalue weighted by atomic mass is 10.1. The zero-order valence-corrected chi connectivity index (χ0v) is 11.6. The Balaban J connectivity index is 2.18. The van der Waals surface area contributed by atoms with Gasteiger partial charge in [0.25, 0.3) is 5.69 Å². The van der Waals surface area contributed by atoms with E-state index in [-0.39, 0.29) is 5.69 Å². The van der Waals surface area contributed by atoms with Gasteiger partial charge in [0, 0.05) is 19.2 Å². The predicted molar refractivity (Wildman–Crippen MR) is 74.8 cm³/mol. The van der Waals surface area contributed by atoms with E-state index < -0.39 is 4.92 Å². The van der Waals surface area contributed by atoms with Gasteiger partial charge in [-0.25, -0.2) is 4.98 Å². The molecule has 104 valence electrons. The van der Waals surface area contributed by atoms with Crippen molar-refractivity contribution in [1.29, 1.82) is 0 Å². The second-order valence-electron chi connectivity index (χ2n) is 4.70. The Bertz CT molecular complexity index is 461. The molecule has 1 aliphatic rings. The van der Waals surface area contributed by atoms with Crippen molar-refractivity contribution >= 4 is 23.1 Å². The Hall–Kier alpha value is -1.40. The number of halogens is 1. The van der Waals surface area contributed by atoms with Crippen molar-refractivity contribution in [2.24, 2.45) is 0 Å². The molecule has 6 nitrogen and oxygen atoms in total. The predicted octanol–water partition coefficient (Wildman–Crippen LogP) is 2.22. The van der Waals surface area contributed by atoms with Crippen LogP contribution in [-0.4, -0.2) is 36.1 Å². The lowest BCUT2D eigenvalue weighted by Crippen LogP contribution is -2.33. The summed E-state index contributed by atoms with van der Waals surface area (Å²) in [6.45, 7) is 2.01. The minimum absolute atomic E-state index is 0.0790. The number of hydrogen-bond acceptors (Lipinski definition) is 5. The number of nitrogens with one attached hydrogen (secondary N) is 1. The van der Waals surface area contributed by atoms with Crippen molar-refractivity contribution in [3.8, 4) is 0 Å². The highest BCUT2D eigenvalue weighted by atomic mass is 35.5. The molecule has 0 spiro atoms. The molecule has 1 fully saturated rings. The maximum absolute atomic E-state index is 10.7. The zero-order chi connectivity index (χ0) is 13.8. The van der Waals surface area contributed by atoms with E-state index in [1.807, 2.05) is 11.9 Å². The Morgan fingerprint density at radius 1 is 1.53 bits per heavy atom. The molecule has 0 saturated carbocycles. The van der Waals surface area contributed by atoms with E-state index in [9.17, 15) is 10.1 Å². The second kappa shape index (κ2) is 6.16. The molecule has 1 aromatic heterocycles. The molecular formula is C12H17ClN4O2. The van der Waals surface area contributed by atoms with Crippen LogP contribution >= 0.6 is 11.6 Å². The van der Waals surface area contributed by atoms with Gasteiger partial charge in [0.1, 0.15) is 12.0 Å². The summed E-state index contributed by atoms with van der Waals surface area (Å²) >= 11 is 6.10. The summed E-state index contributed by atoms with van der Waals surface area (Å²) in [5.74, 6) is 0.610. The quantitative estimate of drug-likeness (QED) is 0.681. The summed E-state index contributed by atoms with van der Waals surface area (Å²) in [4.78, 5) is 16.3. The van der Waals surface area contributed by atoms with Crippen LogP contribution in [0.2, 0.25) is 5.02 Å². The largest absolute Gasteiger partial charge is 0.355 e. The fourth-order valence-corrected chi connectivity index (χ4v) is 2.63. The van der Waals surface area contributed by atoms with Gasteiger partial charge in [-0.3, -0.25) is 10.1 Å². The van der Waals surface area contributed by atoms with Crippen molar-refractivity contribution < 1.29 is 4.92 Å². The molecule has 1 N–H and O–H groups in total. The van der Waals surface area contributed by atoms with E-state index in [4.69, 9.17) is 11.6 Å². The summed E-state index contributed by atoms with van der Waals surface area (Å²) < 4.78 is 0. The average molecular weight is 285 g/mol. The van der Waals surface area contributed by atoms with Gasteiger partial charge in [-0.2, -0.15) is 0 Å². The van der Waals surface area contributed by atoms with Crippen LogP contribution < -0.4 is 10.2 Å². The Morgan fingerprint density at radius 3 is 3.00 bits per heavy atom. The molecule has 1 aliphatic heterocycles. The first kappa shape index (κ1) is 14.0. The SMILES string of the molecule is CN(c1ncc([N+](=O)[O-])cc1Cl)C1CCCNCC1. The first-order valence-electron chi connectivity index (χ1n) is 6.33. The number of aromatic nitrogens is 1. The van der Waals surface area contributed by atoms with Gasteiger partial charge in [0.05, 0.1) is 9.95 Å². The highest BCUT2D eigenvalue weighted by molar-refractivity contribution is 6.33. The molecule has 0 amide bonds. The van der Waals surface area contributed by atoms with Gasteiger partial charge in [-0.1, -0.05) is 11.6 Å². The van der Waals surface area contributed by atoms with Crippen LogP contribution in [0.5, 0.6) is 0 Å². The van der Waals surface area contributed by atoms with Crippen molar-refractivity contribution in [2.75, 3.05) is 25.0 Å². The van der Waals surface area contributed by atoms with Crippen LogP contribution in [-0.2, 0) is 0 Å². The van der Waals surface area contributed by atoms with Gasteiger partial charge < -0.3 is 10.2 Å². The molecule has 2 rings (SSSR count). The summed E-state index contributed by atoms with van der Waals surface area (Å²) in [6.07, 6.45) is 4.45. The molecule has 19 heavy (non-hydrogen) atoms. The van der Waals surface area contributed by atoms with Crippen LogP contribution in [0.3, 0.4) is 0 Å². The first-order valence-corrected chi connectivity index (χ1v) is 6.71. The Morgan fingerprint density at radius 2 is 2.32 bits per heavy atom. The summed E-state index contributed by atoms with van der Waals surface area (Å²) in [7, 11) is 1.94. The van der Waals surface area contributed by atoms with E-state index in [1.54, 1.807) is 0 Å². The number of nitrogens with zero attached hydrogens (tertiary/aromatic N) is 3. The van der Waals surface area contributed by atoms with Crippen molar-refractivity contribution in [1.82, 2.24) is 10.3 Å². The van der Waals surface area contributed by atoms with E-state index in [2.05, 4.69) is 10.3 Å². The molecule has 1 aromatic rings. The maximum Gasteiger partial charge on any atom is 0.289 e. The van der Waals surface area contributed by atoms with E-state index in [1.165, 1.54) is 12.3 Å². The summed E-state index contributed by atoms with van der Waals surface area (Å²) in [5, 5.41) is 14.3. The smallest absolute Gasteiger partial charge is 0.289 e. The minimum atomic E-state index is -0.488. The second-order valence-corrected chi connectivity index (χ2v) is 5.11. The Kier molecular flexibility index (Phi) is 4.55. The third-order valence-corrected chi connectivity index (χ3v) is 3.72. The molecule has 2 heterocycles. The number of anilines is 1. The highest BCUT2D eigenvalue weighted by Crippen LogP contribution is 2.29. The van der Waals surface area contributed by atoms with E-state index in [0.29, 0.717) is 16.9 Å². The molecule has 1 atom stereocenters. The fourth-order valence-electron chi connectivity index (χ4n) is 2.34. The topological polar surface area (TPSA) is 71.3 Å². The first-order chi connectivity index (χ1) is 9.09. The summed E-state index contributed by atoms with van der Waals surface area (Å²) in [5.41, 5.74) is -0.0790.